The van der Waals surface area contributed by atoms with E-state index in [0.717, 1.165) is 36.1 Å². The van der Waals surface area contributed by atoms with E-state index in [4.69, 9.17) is 9.72 Å². The van der Waals surface area contributed by atoms with Crippen molar-refractivity contribution >= 4 is 11.6 Å². The van der Waals surface area contributed by atoms with Gasteiger partial charge in [0.15, 0.2) is 0 Å². The van der Waals surface area contributed by atoms with Gasteiger partial charge >= 0.3 is 0 Å². The highest BCUT2D eigenvalue weighted by Gasteiger charge is 2.38. The lowest BCUT2D eigenvalue weighted by atomic mass is 9.94. The monoisotopic (exact) mass is 276 g/mol. The molecular formula is C15H24N4O. The second-order valence-electron chi connectivity index (χ2n) is 6.23. The summed E-state index contributed by atoms with van der Waals surface area (Å²) in [5.74, 6) is 3.40. The fourth-order valence-electron chi connectivity index (χ4n) is 2.69. The van der Waals surface area contributed by atoms with Crippen molar-refractivity contribution in [3.05, 3.63) is 11.4 Å². The molecule has 1 saturated heterocycles. The van der Waals surface area contributed by atoms with Gasteiger partial charge in [-0.25, -0.2) is 9.97 Å². The first-order valence-electron chi connectivity index (χ1n) is 7.49. The van der Waals surface area contributed by atoms with E-state index in [2.05, 4.69) is 36.4 Å². The molecule has 1 saturated carbocycles. The summed E-state index contributed by atoms with van der Waals surface area (Å²) in [4.78, 5) is 9.40. The lowest BCUT2D eigenvalue weighted by Gasteiger charge is -2.30. The van der Waals surface area contributed by atoms with Gasteiger partial charge in [0.05, 0.1) is 11.6 Å². The van der Waals surface area contributed by atoms with Gasteiger partial charge in [0, 0.05) is 25.1 Å². The molecule has 20 heavy (non-hydrogen) atoms. The minimum atomic E-state index is -0.0506. The smallest absolute Gasteiger partial charge is 0.136 e. The molecule has 5 nitrogen and oxygen atoms in total. The van der Waals surface area contributed by atoms with E-state index in [1.807, 2.05) is 7.05 Å². The molecular weight excluding hydrogens is 252 g/mol. The summed E-state index contributed by atoms with van der Waals surface area (Å²) in [6.45, 7) is 7.21. The topological polar surface area (TPSA) is 59.1 Å². The van der Waals surface area contributed by atoms with Crippen LogP contribution in [0.3, 0.4) is 0 Å². The number of rotatable bonds is 4. The van der Waals surface area contributed by atoms with Gasteiger partial charge in [0.2, 0.25) is 0 Å². The van der Waals surface area contributed by atoms with Crippen LogP contribution >= 0.6 is 0 Å². The van der Waals surface area contributed by atoms with Crippen molar-refractivity contribution in [1.29, 1.82) is 0 Å². The Kier molecular flexibility index (Phi) is 3.32. The second-order valence-corrected chi connectivity index (χ2v) is 6.23. The Morgan fingerprint density at radius 3 is 2.50 bits per heavy atom. The summed E-state index contributed by atoms with van der Waals surface area (Å²) in [6.07, 6.45) is 3.62. The zero-order chi connectivity index (χ0) is 14.3. The molecule has 5 heteroatoms. The first-order valence-corrected chi connectivity index (χ1v) is 7.49. The van der Waals surface area contributed by atoms with E-state index >= 15 is 0 Å². The summed E-state index contributed by atoms with van der Waals surface area (Å²) in [5.41, 5.74) is 1.03. The first kappa shape index (κ1) is 13.6. The quantitative estimate of drug-likeness (QED) is 0.885. The molecule has 2 unspecified atom stereocenters. The summed E-state index contributed by atoms with van der Waals surface area (Å²) in [6, 6.07) is 0. The van der Waals surface area contributed by atoms with Crippen LogP contribution in [-0.4, -0.2) is 35.3 Å². The molecule has 0 aromatic carbocycles. The molecule has 1 aromatic rings. The van der Waals surface area contributed by atoms with E-state index in [1.54, 1.807) is 0 Å². The molecule has 2 aliphatic rings. The maximum absolute atomic E-state index is 5.71. The largest absolute Gasteiger partial charge is 0.376 e. The van der Waals surface area contributed by atoms with Crippen molar-refractivity contribution in [2.75, 3.05) is 24.3 Å². The fraction of sp³-hybridized carbons (Fsp3) is 0.733. The summed E-state index contributed by atoms with van der Waals surface area (Å²) >= 11 is 0. The lowest BCUT2D eigenvalue weighted by Crippen LogP contribution is -2.41. The normalized spacial score (nSPS) is 29.5. The molecule has 2 fully saturated rings. The van der Waals surface area contributed by atoms with Gasteiger partial charge in [-0.1, -0.05) is 0 Å². The summed E-state index contributed by atoms with van der Waals surface area (Å²) < 4.78 is 5.71. The van der Waals surface area contributed by atoms with Crippen molar-refractivity contribution in [1.82, 2.24) is 9.97 Å². The Morgan fingerprint density at radius 1 is 1.25 bits per heavy atom. The van der Waals surface area contributed by atoms with Crippen LogP contribution in [0.15, 0.2) is 0 Å². The average molecular weight is 276 g/mol. The standard InChI is InChI=1S/C15H24N4O/c1-9-12(16-4)17-14(11-5-6-11)18-13(9)19-15(3)7-8-20-10(15)2/h10-11H,5-8H2,1-4H3,(H2,16,17,18,19). The summed E-state index contributed by atoms with van der Waals surface area (Å²) in [5, 5.41) is 6.80. The minimum absolute atomic E-state index is 0.0506. The van der Waals surface area contributed by atoms with Crippen LogP contribution in [0.4, 0.5) is 11.6 Å². The lowest BCUT2D eigenvalue weighted by molar-refractivity contribution is 0.105. The highest BCUT2D eigenvalue weighted by molar-refractivity contribution is 5.58. The number of nitrogens with one attached hydrogen (secondary N) is 2. The number of hydrogen-bond donors (Lipinski definition) is 2. The zero-order valence-corrected chi connectivity index (χ0v) is 12.8. The molecule has 1 aromatic heterocycles. The number of ether oxygens (including phenoxy) is 1. The molecule has 1 aliphatic carbocycles. The number of aromatic nitrogens is 2. The SMILES string of the molecule is CNc1nc(C2CC2)nc(NC2(C)CCOC2C)c1C. The van der Waals surface area contributed by atoms with Crippen LogP contribution in [0, 0.1) is 6.92 Å². The molecule has 2 N–H and O–H groups in total. The predicted molar refractivity (Wildman–Crippen MR) is 80.3 cm³/mol. The van der Waals surface area contributed by atoms with Crippen LogP contribution in [0.2, 0.25) is 0 Å². The second kappa shape index (κ2) is 4.88. The van der Waals surface area contributed by atoms with Crippen LogP contribution in [0.1, 0.15) is 50.4 Å². The average Bonchev–Trinajstić information content (AvgIpc) is 3.20. The highest BCUT2D eigenvalue weighted by atomic mass is 16.5. The highest BCUT2D eigenvalue weighted by Crippen LogP contribution is 2.40. The molecule has 2 heterocycles. The van der Waals surface area contributed by atoms with Crippen molar-refractivity contribution in [3.63, 3.8) is 0 Å². The van der Waals surface area contributed by atoms with Crippen LogP contribution in [0.5, 0.6) is 0 Å². The Bertz CT molecular complexity index is 515. The van der Waals surface area contributed by atoms with Gasteiger partial charge in [-0.15, -0.1) is 0 Å². The maximum atomic E-state index is 5.71. The van der Waals surface area contributed by atoms with E-state index in [-0.39, 0.29) is 11.6 Å². The minimum Gasteiger partial charge on any atom is -0.376 e. The first-order chi connectivity index (χ1) is 9.53. The van der Waals surface area contributed by atoms with Crippen molar-refractivity contribution in [3.8, 4) is 0 Å². The Balaban J connectivity index is 1.93. The third-order valence-electron chi connectivity index (χ3n) is 4.63. The third kappa shape index (κ3) is 2.35. The van der Waals surface area contributed by atoms with Crippen molar-refractivity contribution in [2.45, 2.75) is 57.6 Å². The molecule has 0 radical (unpaired) electrons. The fourth-order valence-corrected chi connectivity index (χ4v) is 2.69. The molecule has 1 aliphatic heterocycles. The van der Waals surface area contributed by atoms with Crippen molar-refractivity contribution < 1.29 is 4.74 Å². The Labute approximate surface area is 120 Å². The predicted octanol–water partition coefficient (Wildman–Crippen LogP) is 2.68. The zero-order valence-electron chi connectivity index (χ0n) is 12.8. The maximum Gasteiger partial charge on any atom is 0.136 e. The number of anilines is 2. The van der Waals surface area contributed by atoms with Gasteiger partial charge in [-0.05, 0) is 40.0 Å². The molecule has 0 amide bonds. The van der Waals surface area contributed by atoms with Crippen LogP contribution in [-0.2, 0) is 4.74 Å². The van der Waals surface area contributed by atoms with Crippen LogP contribution < -0.4 is 10.6 Å². The van der Waals surface area contributed by atoms with Gasteiger partial charge in [0.25, 0.3) is 0 Å². The van der Waals surface area contributed by atoms with E-state index in [1.165, 1.54) is 12.8 Å². The van der Waals surface area contributed by atoms with Gasteiger partial charge in [0.1, 0.15) is 17.5 Å². The van der Waals surface area contributed by atoms with Crippen molar-refractivity contribution in [2.24, 2.45) is 0 Å². The van der Waals surface area contributed by atoms with Gasteiger partial charge < -0.3 is 15.4 Å². The number of nitrogens with zero attached hydrogens (tertiary/aromatic N) is 2. The number of hydrogen-bond acceptors (Lipinski definition) is 5. The molecule has 0 spiro atoms. The Morgan fingerprint density at radius 2 is 1.95 bits per heavy atom. The summed E-state index contributed by atoms with van der Waals surface area (Å²) in [7, 11) is 1.92. The Hall–Kier alpha value is -1.36. The van der Waals surface area contributed by atoms with E-state index < -0.39 is 0 Å². The molecule has 3 rings (SSSR count). The van der Waals surface area contributed by atoms with Gasteiger partial charge in [-0.3, -0.25) is 0 Å². The van der Waals surface area contributed by atoms with Crippen LogP contribution in [0.25, 0.3) is 0 Å². The molecule has 110 valence electrons. The van der Waals surface area contributed by atoms with E-state index in [9.17, 15) is 0 Å². The molecule has 0 bridgehead atoms. The third-order valence-corrected chi connectivity index (χ3v) is 4.63. The van der Waals surface area contributed by atoms with E-state index in [0.29, 0.717) is 5.92 Å². The van der Waals surface area contributed by atoms with Gasteiger partial charge in [-0.2, -0.15) is 0 Å². The molecule has 2 atom stereocenters.